The Bertz CT molecular complexity index is 544. The van der Waals surface area contributed by atoms with Crippen LogP contribution in [-0.4, -0.2) is 23.7 Å². The zero-order valence-corrected chi connectivity index (χ0v) is 8.77. The third-order valence-electron chi connectivity index (χ3n) is 3.15. The molecule has 3 N–H and O–H groups in total. The second kappa shape index (κ2) is 3.51. The molecule has 0 fully saturated rings. The molecule has 80 valence electrons. The fourth-order valence-electron chi connectivity index (χ4n) is 2.42. The van der Waals surface area contributed by atoms with E-state index in [2.05, 4.69) is 11.4 Å². The maximum Gasteiger partial charge on any atom is 0.489 e. The molecular weight excluding hydrogens is 201 g/mol. The quantitative estimate of drug-likeness (QED) is 0.604. The van der Waals surface area contributed by atoms with E-state index in [1.807, 2.05) is 18.2 Å². The summed E-state index contributed by atoms with van der Waals surface area (Å²) >= 11 is 0. The lowest BCUT2D eigenvalue weighted by Gasteiger charge is -2.20. The number of anilines is 1. The SMILES string of the molecule is OB(O)c1ccc2c3c(cccc13)CCN2. The van der Waals surface area contributed by atoms with Gasteiger partial charge in [0.2, 0.25) is 0 Å². The first kappa shape index (κ1) is 9.69. The smallest absolute Gasteiger partial charge is 0.423 e. The minimum atomic E-state index is -1.41. The van der Waals surface area contributed by atoms with E-state index in [1.54, 1.807) is 6.07 Å². The van der Waals surface area contributed by atoms with Crippen molar-refractivity contribution in [1.82, 2.24) is 0 Å². The van der Waals surface area contributed by atoms with Gasteiger partial charge in [-0.1, -0.05) is 24.3 Å². The maximum atomic E-state index is 9.33. The Morgan fingerprint density at radius 3 is 2.81 bits per heavy atom. The van der Waals surface area contributed by atoms with Gasteiger partial charge in [-0.15, -0.1) is 0 Å². The van der Waals surface area contributed by atoms with Gasteiger partial charge in [0.1, 0.15) is 0 Å². The Balaban J connectivity index is 2.40. The number of hydrogen-bond acceptors (Lipinski definition) is 3. The van der Waals surface area contributed by atoms with Crippen LogP contribution >= 0.6 is 0 Å². The largest absolute Gasteiger partial charge is 0.489 e. The monoisotopic (exact) mass is 213 g/mol. The average molecular weight is 213 g/mol. The molecule has 0 unspecified atom stereocenters. The van der Waals surface area contributed by atoms with Gasteiger partial charge < -0.3 is 15.4 Å². The van der Waals surface area contributed by atoms with Gasteiger partial charge in [0, 0.05) is 17.6 Å². The fourth-order valence-corrected chi connectivity index (χ4v) is 2.42. The van der Waals surface area contributed by atoms with Crippen molar-refractivity contribution in [3.05, 3.63) is 35.9 Å². The molecular formula is C12H12BNO2. The molecule has 3 rings (SSSR count). The summed E-state index contributed by atoms with van der Waals surface area (Å²) in [6.45, 7) is 0.938. The van der Waals surface area contributed by atoms with E-state index in [0.29, 0.717) is 5.46 Å². The van der Waals surface area contributed by atoms with Crippen molar-refractivity contribution in [3.63, 3.8) is 0 Å². The maximum absolute atomic E-state index is 9.33. The summed E-state index contributed by atoms with van der Waals surface area (Å²) in [5, 5.41) is 24.0. The van der Waals surface area contributed by atoms with Crippen LogP contribution in [0.1, 0.15) is 5.56 Å². The topological polar surface area (TPSA) is 52.5 Å². The molecule has 3 nitrogen and oxygen atoms in total. The zero-order chi connectivity index (χ0) is 11.1. The standard InChI is InChI=1S/C12H12BNO2/c15-13(16)10-4-5-11-12-8(6-7-14-11)2-1-3-9(10)12/h1-5,14-16H,6-7H2. The van der Waals surface area contributed by atoms with Crippen LogP contribution in [0, 0.1) is 0 Å². The van der Waals surface area contributed by atoms with E-state index in [-0.39, 0.29) is 0 Å². The molecule has 2 aromatic rings. The highest BCUT2D eigenvalue weighted by molar-refractivity contribution is 6.62. The molecule has 0 saturated heterocycles. The van der Waals surface area contributed by atoms with Crippen LogP contribution in [0.15, 0.2) is 30.3 Å². The van der Waals surface area contributed by atoms with Gasteiger partial charge in [0.15, 0.2) is 0 Å². The third-order valence-corrected chi connectivity index (χ3v) is 3.15. The first-order chi connectivity index (χ1) is 7.77. The molecule has 1 aliphatic heterocycles. The average Bonchev–Trinajstić information content (AvgIpc) is 2.30. The number of hydrogen-bond donors (Lipinski definition) is 3. The Hall–Kier alpha value is -1.52. The van der Waals surface area contributed by atoms with Crippen molar-refractivity contribution in [2.75, 3.05) is 11.9 Å². The van der Waals surface area contributed by atoms with Gasteiger partial charge in [0.05, 0.1) is 0 Å². The Kier molecular flexibility index (Phi) is 2.12. The van der Waals surface area contributed by atoms with Crippen LogP contribution in [0.25, 0.3) is 10.8 Å². The summed E-state index contributed by atoms with van der Waals surface area (Å²) in [6, 6.07) is 9.69. The second-order valence-electron chi connectivity index (χ2n) is 4.09. The molecule has 0 aromatic heterocycles. The molecule has 4 heteroatoms. The molecule has 1 aliphatic rings. The van der Waals surface area contributed by atoms with E-state index in [1.165, 1.54) is 5.56 Å². The van der Waals surface area contributed by atoms with Crippen molar-refractivity contribution < 1.29 is 10.0 Å². The van der Waals surface area contributed by atoms with E-state index < -0.39 is 7.12 Å². The van der Waals surface area contributed by atoms with E-state index in [4.69, 9.17) is 0 Å². The molecule has 0 spiro atoms. The fraction of sp³-hybridized carbons (Fsp3) is 0.167. The van der Waals surface area contributed by atoms with Crippen LogP contribution in [-0.2, 0) is 6.42 Å². The summed E-state index contributed by atoms with van der Waals surface area (Å²) in [5.74, 6) is 0. The lowest BCUT2D eigenvalue weighted by Crippen LogP contribution is -2.31. The summed E-state index contributed by atoms with van der Waals surface area (Å²) in [4.78, 5) is 0. The van der Waals surface area contributed by atoms with Gasteiger partial charge in [0.25, 0.3) is 0 Å². The van der Waals surface area contributed by atoms with Crippen molar-refractivity contribution in [3.8, 4) is 0 Å². The Morgan fingerprint density at radius 1 is 1.12 bits per heavy atom. The first-order valence-electron chi connectivity index (χ1n) is 5.42. The summed E-state index contributed by atoms with van der Waals surface area (Å²) in [7, 11) is -1.41. The van der Waals surface area contributed by atoms with Crippen molar-refractivity contribution in [1.29, 1.82) is 0 Å². The summed E-state index contributed by atoms with van der Waals surface area (Å²) in [6.07, 6.45) is 0.981. The third kappa shape index (κ3) is 1.31. The zero-order valence-electron chi connectivity index (χ0n) is 8.77. The molecule has 0 aliphatic carbocycles. The highest BCUT2D eigenvalue weighted by Crippen LogP contribution is 2.29. The molecule has 0 atom stereocenters. The van der Waals surface area contributed by atoms with Gasteiger partial charge in [-0.2, -0.15) is 0 Å². The van der Waals surface area contributed by atoms with Gasteiger partial charge in [-0.3, -0.25) is 0 Å². The van der Waals surface area contributed by atoms with Crippen LogP contribution in [0.4, 0.5) is 5.69 Å². The lowest BCUT2D eigenvalue weighted by molar-refractivity contribution is 0.426. The number of rotatable bonds is 1. The van der Waals surface area contributed by atoms with Crippen LogP contribution in [0.2, 0.25) is 0 Å². The van der Waals surface area contributed by atoms with Crippen LogP contribution < -0.4 is 10.8 Å². The van der Waals surface area contributed by atoms with Crippen molar-refractivity contribution in [2.24, 2.45) is 0 Å². The molecule has 0 bridgehead atoms. The van der Waals surface area contributed by atoms with E-state index in [0.717, 1.165) is 29.4 Å². The van der Waals surface area contributed by atoms with Gasteiger partial charge >= 0.3 is 7.12 Å². The predicted molar refractivity (Wildman–Crippen MR) is 66.0 cm³/mol. The normalized spacial score (nSPS) is 13.6. The highest BCUT2D eigenvalue weighted by Gasteiger charge is 2.19. The second-order valence-corrected chi connectivity index (χ2v) is 4.09. The molecule has 1 heterocycles. The van der Waals surface area contributed by atoms with Crippen molar-refractivity contribution >= 4 is 29.0 Å². The van der Waals surface area contributed by atoms with Crippen molar-refractivity contribution in [2.45, 2.75) is 6.42 Å². The van der Waals surface area contributed by atoms with Crippen LogP contribution in [0.3, 0.4) is 0 Å². The first-order valence-corrected chi connectivity index (χ1v) is 5.42. The molecule has 0 amide bonds. The van der Waals surface area contributed by atoms with E-state index >= 15 is 0 Å². The number of nitrogens with one attached hydrogen (secondary N) is 1. The minimum Gasteiger partial charge on any atom is -0.423 e. The van der Waals surface area contributed by atoms with Gasteiger partial charge in [-0.05, 0) is 28.9 Å². The minimum absolute atomic E-state index is 0.573. The number of benzene rings is 2. The predicted octanol–water partition coefficient (Wildman–Crippen LogP) is 0.488. The highest BCUT2D eigenvalue weighted by atomic mass is 16.4. The van der Waals surface area contributed by atoms with E-state index in [9.17, 15) is 10.0 Å². The van der Waals surface area contributed by atoms with Crippen LogP contribution in [0.5, 0.6) is 0 Å². The molecule has 0 radical (unpaired) electrons. The Morgan fingerprint density at radius 2 is 2.00 bits per heavy atom. The lowest BCUT2D eigenvalue weighted by atomic mass is 9.76. The summed E-state index contributed by atoms with van der Waals surface area (Å²) < 4.78 is 0. The summed E-state index contributed by atoms with van der Waals surface area (Å²) in [5.41, 5.74) is 2.93. The van der Waals surface area contributed by atoms with Gasteiger partial charge in [-0.25, -0.2) is 0 Å². The molecule has 0 saturated carbocycles. The molecule has 16 heavy (non-hydrogen) atoms. The Labute approximate surface area is 93.9 Å². The molecule has 2 aromatic carbocycles.